The Morgan fingerprint density at radius 2 is 1.85 bits per heavy atom. The number of phenols is 1. The number of hydrogen-bond acceptors (Lipinski definition) is 10. The van der Waals surface area contributed by atoms with E-state index in [1.54, 1.807) is 29.0 Å². The molecule has 4 spiro atoms. The van der Waals surface area contributed by atoms with Crippen molar-refractivity contribution in [1.29, 1.82) is 0 Å². The quantitative estimate of drug-likeness (QED) is 0.0222. The number of aromatic nitrogens is 2. The standard InChI is InChI=1S/C68H77N7O4S2/c1-4-9-45-14-18-55(80-45)56-19-20-57(81-56)62(78)52-24-26-65-27-25-58-66(52,37-65)38-67(28-22-41(34-70-3)53(67)36-76)68(58)29-23-48-47-13-8-10-40(50(47)32-44-35-71-39-72-44)33-64(2,79)59-21-16-49-54(77)30-42(46(61(49)74-59)15-17-51(48)68)31-60(65)75-63(69)73-43-11-6-5-7-12-43/h8,10,13-14,16,18-21,25,27,30,35,39,41,43,48,51-53,58-60,70,74,76-77,79H,5-7,11-12,22-24,26,28-29,31-34,36-38H2,1-3H3,(H,71,72)(H3,69,73,75). The summed E-state index contributed by atoms with van der Waals surface area (Å²) in [5, 5.41) is 48.8. The van der Waals surface area contributed by atoms with E-state index in [0.29, 0.717) is 37.2 Å². The van der Waals surface area contributed by atoms with Crippen LogP contribution in [0.1, 0.15) is 157 Å². The zero-order chi connectivity index (χ0) is 55.5. The third-order valence-corrected chi connectivity index (χ3v) is 24.6. The number of H-pyrrole nitrogens is 1. The first-order valence-electron chi connectivity index (χ1n) is 30.2. The molecular weight excluding hydrogens is 1040 g/mol. The van der Waals surface area contributed by atoms with Crippen molar-refractivity contribution in [3.63, 3.8) is 0 Å². The van der Waals surface area contributed by atoms with Crippen molar-refractivity contribution in [2.24, 2.45) is 62.0 Å². The Hall–Kier alpha value is -5.93. The Balaban J connectivity index is 1.04. The number of nitrogens with two attached hydrogens (primary N) is 1. The molecule has 10 aliphatic rings. The summed E-state index contributed by atoms with van der Waals surface area (Å²) in [5.41, 5.74) is 11.8. The lowest BCUT2D eigenvalue weighted by atomic mass is 9.45. The van der Waals surface area contributed by atoms with Crippen molar-refractivity contribution in [2.75, 3.05) is 25.5 Å². The van der Waals surface area contributed by atoms with Gasteiger partial charge in [0.15, 0.2) is 11.7 Å². The number of aliphatic hydroxyl groups is 2. The van der Waals surface area contributed by atoms with Gasteiger partial charge < -0.3 is 42.0 Å². The maximum atomic E-state index is 16.4. The van der Waals surface area contributed by atoms with Crippen LogP contribution in [0.2, 0.25) is 0 Å². The molecular formula is C68H77N7O4S2. The van der Waals surface area contributed by atoms with Crippen molar-refractivity contribution in [1.82, 2.24) is 20.6 Å². The van der Waals surface area contributed by atoms with Crippen molar-refractivity contribution in [2.45, 2.75) is 146 Å². The van der Waals surface area contributed by atoms with Crippen LogP contribution in [0.25, 0.3) is 15.8 Å². The van der Waals surface area contributed by atoms with Crippen molar-refractivity contribution >= 4 is 46.2 Å². The van der Waals surface area contributed by atoms with Gasteiger partial charge in [-0.2, -0.15) is 0 Å². The van der Waals surface area contributed by atoms with E-state index in [4.69, 9.17) is 10.7 Å². The topological polar surface area (TPSA) is 181 Å². The molecule has 0 saturated heterocycles. The number of carbonyl (C=O) groups excluding carboxylic acids is 1. The number of rotatable bonds is 10. The molecule has 13 unspecified atom stereocenters. The van der Waals surface area contributed by atoms with Gasteiger partial charge in [0.2, 0.25) is 0 Å². The van der Waals surface area contributed by atoms with Crippen LogP contribution in [-0.2, 0) is 19.3 Å². The highest BCUT2D eigenvalue weighted by Gasteiger charge is 2.79. The summed E-state index contributed by atoms with van der Waals surface area (Å²) >= 11 is 3.30. The molecule has 5 heterocycles. The van der Waals surface area contributed by atoms with E-state index in [2.05, 4.69) is 104 Å². The highest BCUT2D eigenvalue weighted by molar-refractivity contribution is 7.23. The van der Waals surface area contributed by atoms with Crippen molar-refractivity contribution in [3.8, 4) is 39.2 Å². The summed E-state index contributed by atoms with van der Waals surface area (Å²) in [6.07, 6.45) is 26.6. The Bertz CT molecular complexity index is 3530. The molecule has 13 heteroatoms. The number of carbonyl (C=O) groups is 1. The molecule has 0 amide bonds. The second kappa shape index (κ2) is 20.2. The number of fused-ring (bicyclic) bond motifs is 5. The Kier molecular flexibility index (Phi) is 13.2. The maximum Gasteiger partial charge on any atom is 0.189 e. The number of phenolic OH excluding ortho intramolecular Hbond substituents is 1. The molecule has 8 aliphatic carbocycles. The minimum atomic E-state index is -1.26. The van der Waals surface area contributed by atoms with Crippen LogP contribution < -0.4 is 21.7 Å². The first-order chi connectivity index (χ1) is 39.3. The van der Waals surface area contributed by atoms with Gasteiger partial charge in [0, 0.05) is 69.9 Å². The number of aromatic amines is 1. The third kappa shape index (κ3) is 8.32. The molecule has 11 nitrogen and oxygen atoms in total. The average Bonchev–Trinajstić information content (AvgIpc) is 1.90. The molecule has 420 valence electrons. The third-order valence-electron chi connectivity index (χ3n) is 22.3. The molecule has 0 radical (unpaired) electrons. The van der Waals surface area contributed by atoms with Gasteiger partial charge in [-0.3, -0.25) is 4.79 Å². The normalized spacial score (nSPS) is 35.0. The summed E-state index contributed by atoms with van der Waals surface area (Å²) in [6, 6.07) is 16.5. The largest absolute Gasteiger partial charge is 0.507 e. The SMILES string of the molecule is CC#Cc1ccc(-c2ccc(C(=O)C3CCC45C=CC6C3(C4)CC3(CCC(CNC)C3CO)C63CCC4c6cccc(c6Cc6cnc[nH]6)CC(C)(O)C6C=Cc7c(O)cc(c(c7N6)C#CC43)CC5N=C(N)NC3CCCCC3)s2)s1. The molecule has 5 aromatic rings. The van der Waals surface area contributed by atoms with Gasteiger partial charge in [-0.05, 0) is 191 Å². The zero-order valence-electron chi connectivity index (χ0n) is 47.0. The number of aliphatic hydroxyl groups excluding tert-OH is 1. The molecule has 5 saturated carbocycles. The molecule has 15 rings (SSSR count). The number of hydrogen-bond donors (Lipinski definition) is 8. The summed E-state index contributed by atoms with van der Waals surface area (Å²) in [7, 11) is 2.05. The Labute approximate surface area is 485 Å². The number of allylic oxidation sites excluding steroid dienone is 1. The van der Waals surface area contributed by atoms with Gasteiger partial charge in [0.25, 0.3) is 0 Å². The van der Waals surface area contributed by atoms with Gasteiger partial charge in [-0.1, -0.05) is 79.5 Å². The lowest BCUT2D eigenvalue weighted by molar-refractivity contribution is -0.0484. The highest BCUT2D eigenvalue weighted by Crippen LogP contribution is 2.84. The van der Waals surface area contributed by atoms with E-state index in [9.17, 15) is 15.3 Å². The minimum absolute atomic E-state index is 0.0111. The molecule has 2 aliphatic heterocycles. The first-order valence-corrected chi connectivity index (χ1v) is 31.8. The Morgan fingerprint density at radius 1 is 1.00 bits per heavy atom. The fraction of sp³-hybridized carbons (Fsp3) is 0.515. The Morgan fingerprint density at radius 3 is 2.67 bits per heavy atom. The number of aromatic hydroxyl groups is 1. The van der Waals surface area contributed by atoms with Crippen LogP contribution in [0.3, 0.4) is 0 Å². The lowest BCUT2D eigenvalue weighted by Gasteiger charge is -2.58. The van der Waals surface area contributed by atoms with Crippen molar-refractivity contribution < 1.29 is 20.1 Å². The van der Waals surface area contributed by atoms with Crippen LogP contribution in [0.15, 0.2) is 84.3 Å². The summed E-state index contributed by atoms with van der Waals surface area (Å²) < 4.78 is 0. The van der Waals surface area contributed by atoms with Crippen LogP contribution >= 0.6 is 22.7 Å². The zero-order valence-corrected chi connectivity index (χ0v) is 48.7. The molecule has 3 aromatic heterocycles. The van der Waals surface area contributed by atoms with Crippen molar-refractivity contribution in [3.05, 3.63) is 128 Å². The number of imidazole rings is 1. The van der Waals surface area contributed by atoms with Crippen LogP contribution in [-0.4, -0.2) is 81.0 Å². The number of nitrogens with one attached hydrogen (secondary N) is 4. The fourth-order valence-electron chi connectivity index (χ4n) is 19.2. The van der Waals surface area contributed by atoms with E-state index in [1.165, 1.54) is 17.5 Å². The second-order valence-corrected chi connectivity index (χ2v) is 28.4. The smallest absolute Gasteiger partial charge is 0.189 e. The van der Waals surface area contributed by atoms with Crippen LogP contribution in [0.5, 0.6) is 5.75 Å². The second-order valence-electron chi connectivity index (χ2n) is 26.2. The predicted octanol–water partition coefficient (Wildman–Crippen LogP) is 11.1. The van der Waals surface area contributed by atoms with Crippen LogP contribution in [0.4, 0.5) is 5.69 Å². The van der Waals surface area contributed by atoms with Crippen LogP contribution in [0, 0.1) is 74.9 Å². The van der Waals surface area contributed by atoms with E-state index in [1.807, 2.05) is 45.3 Å². The average molecular weight is 1120 g/mol. The molecule has 5 fully saturated rings. The number of ketones is 1. The van der Waals surface area contributed by atoms with Gasteiger partial charge in [-0.15, -0.1) is 28.6 Å². The predicted molar refractivity (Wildman–Crippen MR) is 324 cm³/mol. The monoisotopic (exact) mass is 1120 g/mol. The van der Waals surface area contributed by atoms with Gasteiger partial charge >= 0.3 is 0 Å². The molecule has 9 N–H and O–H groups in total. The van der Waals surface area contributed by atoms with E-state index < -0.39 is 27.9 Å². The fourth-order valence-corrected chi connectivity index (χ4v) is 21.2. The molecule has 10 bridgehead atoms. The number of nitrogens with zero attached hydrogens (tertiary/aromatic N) is 2. The minimum Gasteiger partial charge on any atom is -0.507 e. The van der Waals surface area contributed by atoms with Gasteiger partial charge in [0.1, 0.15) is 5.75 Å². The molecule has 81 heavy (non-hydrogen) atoms. The van der Waals surface area contributed by atoms with Gasteiger partial charge in [-0.25, -0.2) is 9.98 Å². The molecule has 13 atom stereocenters. The summed E-state index contributed by atoms with van der Waals surface area (Å²) in [5.74, 6) is 15.1. The number of guanidine groups is 1. The number of Topliss-reactive ketones (excluding diaryl/α,β-unsaturated/α-hetero) is 1. The first kappa shape index (κ1) is 53.1. The molecule has 2 aromatic carbocycles. The van der Waals surface area contributed by atoms with Gasteiger partial charge in [0.05, 0.1) is 45.0 Å². The number of anilines is 1. The number of aliphatic imine (C=N–C) groups is 1. The number of benzene rings is 2. The maximum absolute atomic E-state index is 16.4. The lowest BCUT2D eigenvalue weighted by Crippen LogP contribution is -2.56. The van der Waals surface area contributed by atoms with E-state index in [0.717, 1.165) is 125 Å². The van der Waals surface area contributed by atoms with E-state index >= 15 is 4.79 Å². The number of thiophene rings is 2. The summed E-state index contributed by atoms with van der Waals surface area (Å²) in [4.78, 5) is 34.1. The van der Waals surface area contributed by atoms with E-state index in [-0.39, 0.29) is 71.1 Å². The highest BCUT2D eigenvalue weighted by atomic mass is 32.1. The summed E-state index contributed by atoms with van der Waals surface area (Å²) in [6.45, 7) is 4.67.